The molecule has 114 valence electrons. The molecule has 4 rings (SSSR count). The van der Waals surface area contributed by atoms with Gasteiger partial charge in [-0.25, -0.2) is 0 Å². The molecule has 0 amide bonds. The van der Waals surface area contributed by atoms with Crippen molar-refractivity contribution in [1.82, 2.24) is 0 Å². The van der Waals surface area contributed by atoms with Gasteiger partial charge in [-0.2, -0.15) is 0 Å². The lowest BCUT2D eigenvalue weighted by atomic mass is 9.83. The second-order valence-corrected chi connectivity index (χ2v) is 6.34. The zero-order valence-corrected chi connectivity index (χ0v) is 12.7. The van der Waals surface area contributed by atoms with Gasteiger partial charge < -0.3 is 14.2 Å². The third kappa shape index (κ3) is 2.52. The van der Waals surface area contributed by atoms with Crippen LogP contribution in [0.2, 0.25) is 0 Å². The Kier molecular flexibility index (Phi) is 3.97. The topological polar surface area (TPSA) is 27.7 Å². The van der Waals surface area contributed by atoms with Crippen LogP contribution >= 0.6 is 0 Å². The van der Waals surface area contributed by atoms with E-state index >= 15 is 0 Å². The molecule has 3 nitrogen and oxygen atoms in total. The van der Waals surface area contributed by atoms with Crippen LogP contribution in [0.1, 0.15) is 52.6 Å². The lowest BCUT2D eigenvalue weighted by molar-refractivity contribution is 0.122. The van der Waals surface area contributed by atoms with Crippen LogP contribution in [0, 0.1) is 0 Å². The zero-order chi connectivity index (χ0) is 14.1. The van der Waals surface area contributed by atoms with Gasteiger partial charge in [0.2, 0.25) is 0 Å². The van der Waals surface area contributed by atoms with Gasteiger partial charge in [0.1, 0.15) is 0 Å². The Labute approximate surface area is 126 Å². The molecule has 0 fully saturated rings. The van der Waals surface area contributed by atoms with Crippen molar-refractivity contribution in [2.45, 2.75) is 58.3 Å². The Morgan fingerprint density at radius 2 is 0.762 bits per heavy atom. The van der Waals surface area contributed by atoms with E-state index in [9.17, 15) is 0 Å². The summed E-state index contributed by atoms with van der Waals surface area (Å²) in [7, 11) is 0. The van der Waals surface area contributed by atoms with Gasteiger partial charge in [-0.3, -0.25) is 0 Å². The number of benzene rings is 1. The van der Waals surface area contributed by atoms with Crippen molar-refractivity contribution < 1.29 is 14.2 Å². The van der Waals surface area contributed by atoms with Gasteiger partial charge in [0, 0.05) is 19.8 Å². The third-order valence-electron chi connectivity index (χ3n) is 5.07. The molecule has 0 aromatic heterocycles. The molecule has 0 N–H and O–H groups in total. The fourth-order valence-corrected chi connectivity index (χ4v) is 4.10. The first kappa shape index (κ1) is 13.7. The number of hydrogen-bond donors (Lipinski definition) is 0. The molecular formula is C18H24O3. The third-order valence-corrected chi connectivity index (χ3v) is 5.07. The van der Waals surface area contributed by atoms with Crippen LogP contribution in [0.5, 0.6) is 0 Å². The first-order valence-corrected chi connectivity index (χ1v) is 8.35. The fraction of sp³-hybridized carbons (Fsp3) is 0.667. The fourth-order valence-electron chi connectivity index (χ4n) is 4.10. The van der Waals surface area contributed by atoms with E-state index < -0.39 is 0 Å². The molecule has 0 spiro atoms. The molecule has 0 unspecified atom stereocenters. The summed E-state index contributed by atoms with van der Waals surface area (Å²) in [6.45, 7) is 5.00. The predicted octanol–water partition coefficient (Wildman–Crippen LogP) is 3.08. The molecule has 0 radical (unpaired) electrons. The van der Waals surface area contributed by atoms with Gasteiger partial charge in [-0.1, -0.05) is 0 Å². The van der Waals surface area contributed by atoms with Crippen molar-refractivity contribution in [1.29, 1.82) is 0 Å². The first-order valence-electron chi connectivity index (χ1n) is 8.35. The van der Waals surface area contributed by atoms with Crippen LogP contribution in [0.4, 0.5) is 0 Å². The van der Waals surface area contributed by atoms with Gasteiger partial charge in [-0.15, -0.1) is 0 Å². The van der Waals surface area contributed by atoms with E-state index in [1.807, 2.05) is 0 Å². The van der Waals surface area contributed by atoms with Crippen LogP contribution in [-0.4, -0.2) is 19.8 Å². The number of rotatable bonds is 0. The Hall–Kier alpha value is -0.900. The number of ether oxygens (including phenoxy) is 3. The van der Waals surface area contributed by atoms with E-state index in [-0.39, 0.29) is 0 Å². The SMILES string of the molecule is C1COCc2c(c3c(c4c2CCCOC4)CCCOC3)C1. The van der Waals surface area contributed by atoms with Gasteiger partial charge in [-0.05, 0) is 71.9 Å². The molecule has 3 heteroatoms. The maximum atomic E-state index is 5.87. The summed E-state index contributed by atoms with van der Waals surface area (Å²) in [4.78, 5) is 0. The van der Waals surface area contributed by atoms with Gasteiger partial charge >= 0.3 is 0 Å². The summed E-state index contributed by atoms with van der Waals surface area (Å²) in [5.41, 5.74) is 9.05. The van der Waals surface area contributed by atoms with Crippen molar-refractivity contribution in [2.24, 2.45) is 0 Å². The van der Waals surface area contributed by atoms with Crippen molar-refractivity contribution in [3.8, 4) is 0 Å². The standard InChI is InChI=1S/C18H24O3/c1-4-13-16(10-19-7-1)14-5-2-9-21-12-18(14)15-6-3-8-20-11-17(13)15/h1-12H2. The lowest BCUT2D eigenvalue weighted by Gasteiger charge is -2.23. The molecule has 0 bridgehead atoms. The second kappa shape index (κ2) is 6.07. The van der Waals surface area contributed by atoms with E-state index in [2.05, 4.69) is 0 Å². The van der Waals surface area contributed by atoms with Gasteiger partial charge in [0.15, 0.2) is 0 Å². The molecule has 3 aliphatic rings. The monoisotopic (exact) mass is 288 g/mol. The first-order chi connectivity index (χ1) is 10.4. The van der Waals surface area contributed by atoms with Crippen LogP contribution in [-0.2, 0) is 53.3 Å². The van der Waals surface area contributed by atoms with E-state index in [0.717, 1.165) is 78.2 Å². The highest BCUT2D eigenvalue weighted by molar-refractivity contribution is 5.52. The summed E-state index contributed by atoms with van der Waals surface area (Å²) >= 11 is 0. The smallest absolute Gasteiger partial charge is 0.0722 e. The molecule has 0 saturated carbocycles. The molecule has 1 aromatic rings. The normalized spacial score (nSPS) is 22.3. The van der Waals surface area contributed by atoms with E-state index in [1.54, 1.807) is 16.7 Å². The Morgan fingerprint density at radius 3 is 1.10 bits per heavy atom. The highest BCUT2D eigenvalue weighted by Gasteiger charge is 2.26. The molecular weight excluding hydrogens is 264 g/mol. The van der Waals surface area contributed by atoms with Crippen molar-refractivity contribution in [2.75, 3.05) is 19.8 Å². The van der Waals surface area contributed by atoms with E-state index in [0.29, 0.717) is 0 Å². The van der Waals surface area contributed by atoms with E-state index in [1.165, 1.54) is 16.7 Å². The van der Waals surface area contributed by atoms with Crippen LogP contribution in [0.3, 0.4) is 0 Å². The van der Waals surface area contributed by atoms with Gasteiger partial charge in [0.05, 0.1) is 19.8 Å². The highest BCUT2D eigenvalue weighted by Crippen LogP contribution is 2.36. The molecule has 3 aliphatic heterocycles. The predicted molar refractivity (Wildman–Crippen MR) is 80.4 cm³/mol. The van der Waals surface area contributed by atoms with Crippen LogP contribution in [0.25, 0.3) is 0 Å². The molecule has 21 heavy (non-hydrogen) atoms. The minimum absolute atomic E-state index is 0.783. The lowest BCUT2D eigenvalue weighted by Crippen LogP contribution is -2.12. The zero-order valence-electron chi connectivity index (χ0n) is 12.7. The summed E-state index contributed by atoms with van der Waals surface area (Å²) in [6.07, 6.45) is 6.84. The largest absolute Gasteiger partial charge is 0.377 e. The minimum Gasteiger partial charge on any atom is -0.377 e. The summed E-state index contributed by atoms with van der Waals surface area (Å²) in [5.74, 6) is 0. The Bertz CT molecular complexity index is 395. The average molecular weight is 288 g/mol. The average Bonchev–Trinajstić information content (AvgIpc) is 2.97. The van der Waals surface area contributed by atoms with Crippen molar-refractivity contribution in [3.63, 3.8) is 0 Å². The highest BCUT2D eigenvalue weighted by atomic mass is 16.5. The Balaban J connectivity index is 1.93. The quantitative estimate of drug-likeness (QED) is 0.734. The molecule has 3 heterocycles. The maximum Gasteiger partial charge on any atom is 0.0722 e. The summed E-state index contributed by atoms with van der Waals surface area (Å²) < 4.78 is 17.6. The Morgan fingerprint density at radius 1 is 0.429 bits per heavy atom. The van der Waals surface area contributed by atoms with Crippen LogP contribution < -0.4 is 0 Å². The van der Waals surface area contributed by atoms with Crippen molar-refractivity contribution >= 4 is 0 Å². The minimum atomic E-state index is 0.783. The molecule has 0 atom stereocenters. The van der Waals surface area contributed by atoms with Crippen molar-refractivity contribution in [3.05, 3.63) is 33.4 Å². The number of hydrogen-bond acceptors (Lipinski definition) is 3. The second-order valence-electron chi connectivity index (χ2n) is 6.34. The molecule has 1 aromatic carbocycles. The summed E-state index contributed by atoms with van der Waals surface area (Å²) in [5, 5.41) is 0. The van der Waals surface area contributed by atoms with E-state index in [4.69, 9.17) is 14.2 Å². The molecule has 0 saturated heterocycles. The maximum absolute atomic E-state index is 5.87. The van der Waals surface area contributed by atoms with Gasteiger partial charge in [0.25, 0.3) is 0 Å². The molecule has 0 aliphatic carbocycles. The van der Waals surface area contributed by atoms with Crippen LogP contribution in [0.15, 0.2) is 0 Å². The summed E-state index contributed by atoms with van der Waals surface area (Å²) in [6, 6.07) is 0. The number of fused-ring (bicyclic) bond motifs is 6.